The molecule has 0 spiro atoms. The van der Waals surface area contributed by atoms with Crippen LogP contribution in [0.1, 0.15) is 22.3 Å². The van der Waals surface area contributed by atoms with Crippen LogP contribution in [0, 0.1) is 0 Å². The Hall–Kier alpha value is -8.14. The van der Waals surface area contributed by atoms with E-state index in [2.05, 4.69) is 205 Å². The van der Waals surface area contributed by atoms with Crippen molar-refractivity contribution in [3.05, 3.63) is 247 Å². The van der Waals surface area contributed by atoms with Gasteiger partial charge in [0.15, 0.2) is 0 Å². The Kier molecular flexibility index (Phi) is 7.52. The van der Waals surface area contributed by atoms with E-state index in [4.69, 9.17) is 8.83 Å². The van der Waals surface area contributed by atoms with Gasteiger partial charge in [-0.2, -0.15) is 0 Å². The van der Waals surface area contributed by atoms with Crippen LogP contribution in [0.4, 0.5) is 17.1 Å². The summed E-state index contributed by atoms with van der Waals surface area (Å²) in [4.78, 5) is 2.29. The molecular weight excluding hydrogens is 755 g/mol. The van der Waals surface area contributed by atoms with Crippen LogP contribution in [0.3, 0.4) is 0 Å². The molecule has 10 aromatic carbocycles. The zero-order valence-electron chi connectivity index (χ0n) is 33.6. The fraction of sp³-hybridized carbons (Fsp3) is 0.0169. The molecule has 0 radical (unpaired) electrons. The average molecular weight is 792 g/mol. The second kappa shape index (κ2) is 13.4. The van der Waals surface area contributed by atoms with Crippen LogP contribution in [-0.2, 0) is 5.41 Å². The van der Waals surface area contributed by atoms with Gasteiger partial charge in [0, 0.05) is 50.7 Å². The zero-order valence-corrected chi connectivity index (χ0v) is 33.6. The Morgan fingerprint density at radius 2 is 0.855 bits per heavy atom. The van der Waals surface area contributed by atoms with Gasteiger partial charge in [-0.15, -0.1) is 0 Å². The summed E-state index contributed by atoms with van der Waals surface area (Å²) >= 11 is 0. The van der Waals surface area contributed by atoms with Gasteiger partial charge >= 0.3 is 0 Å². The molecule has 12 aromatic rings. The topological polar surface area (TPSA) is 29.5 Å². The lowest BCUT2D eigenvalue weighted by Gasteiger charge is -2.42. The van der Waals surface area contributed by atoms with Crippen LogP contribution in [0.25, 0.3) is 76.9 Å². The number of benzene rings is 10. The second-order valence-corrected chi connectivity index (χ2v) is 16.4. The number of anilines is 3. The van der Waals surface area contributed by atoms with Crippen molar-refractivity contribution < 1.29 is 8.83 Å². The fourth-order valence-corrected chi connectivity index (χ4v) is 10.4. The lowest BCUT2D eigenvalue weighted by Crippen LogP contribution is -2.33. The molecule has 1 unspecified atom stereocenters. The molecule has 0 N–H and O–H groups in total. The van der Waals surface area contributed by atoms with Gasteiger partial charge in [0.2, 0.25) is 0 Å². The summed E-state index contributed by atoms with van der Waals surface area (Å²) in [6.07, 6.45) is 0. The number of para-hydroxylation sites is 2. The van der Waals surface area contributed by atoms with Crippen molar-refractivity contribution in [2.75, 3.05) is 4.90 Å². The highest BCUT2D eigenvalue weighted by molar-refractivity contribution is 6.08. The third-order valence-corrected chi connectivity index (χ3v) is 13.1. The standard InChI is InChI=1S/C59H37NO2/c1-2-16-41(17-3-1)59(52-23-7-4-19-46(52)51-22-11-13-39-14-12-24-53(59)58(39)51)42-18-10-15-40(35-42)38-27-29-43(30-28-38)60(44-31-33-49-47-20-5-8-25-54(47)61-56(49)36-44)45-32-34-50-48-21-6-9-26-55(48)62-57(50)37-45/h1-37H. The maximum absolute atomic E-state index is 6.42. The van der Waals surface area contributed by atoms with Crippen LogP contribution < -0.4 is 4.90 Å². The Morgan fingerprint density at radius 1 is 0.323 bits per heavy atom. The first kappa shape index (κ1) is 34.7. The number of hydrogen-bond donors (Lipinski definition) is 0. The molecular formula is C59H37NO2. The van der Waals surface area contributed by atoms with E-state index in [9.17, 15) is 0 Å². The summed E-state index contributed by atoms with van der Waals surface area (Å²) in [7, 11) is 0. The van der Waals surface area contributed by atoms with Crippen molar-refractivity contribution in [1.82, 2.24) is 0 Å². The quantitative estimate of drug-likeness (QED) is 0.168. The summed E-state index contributed by atoms with van der Waals surface area (Å²) in [5.74, 6) is 0. The van der Waals surface area contributed by atoms with Crippen molar-refractivity contribution in [2.24, 2.45) is 0 Å². The maximum atomic E-state index is 6.42. The van der Waals surface area contributed by atoms with Gasteiger partial charge in [0.05, 0.1) is 5.41 Å². The molecule has 3 heteroatoms. The van der Waals surface area contributed by atoms with Crippen LogP contribution >= 0.6 is 0 Å². The molecule has 13 rings (SSSR count). The third kappa shape index (κ3) is 5.06. The molecule has 0 bridgehead atoms. The predicted octanol–water partition coefficient (Wildman–Crippen LogP) is 16.1. The first-order valence-electron chi connectivity index (χ1n) is 21.2. The van der Waals surface area contributed by atoms with E-state index < -0.39 is 5.41 Å². The van der Waals surface area contributed by atoms with Crippen molar-refractivity contribution >= 4 is 71.7 Å². The van der Waals surface area contributed by atoms with E-state index in [0.717, 1.165) is 72.1 Å². The third-order valence-electron chi connectivity index (χ3n) is 13.1. The largest absolute Gasteiger partial charge is 0.456 e. The molecule has 1 aliphatic rings. The van der Waals surface area contributed by atoms with Crippen molar-refractivity contribution in [1.29, 1.82) is 0 Å². The first-order valence-corrected chi connectivity index (χ1v) is 21.2. The van der Waals surface area contributed by atoms with Crippen molar-refractivity contribution in [3.63, 3.8) is 0 Å². The highest BCUT2D eigenvalue weighted by atomic mass is 16.3. The van der Waals surface area contributed by atoms with E-state index in [1.807, 2.05) is 24.3 Å². The monoisotopic (exact) mass is 791 g/mol. The lowest BCUT2D eigenvalue weighted by molar-refractivity contribution is 0.669. The van der Waals surface area contributed by atoms with Gasteiger partial charge in [-0.25, -0.2) is 0 Å². The zero-order chi connectivity index (χ0) is 40.8. The van der Waals surface area contributed by atoms with Crippen LogP contribution in [0.15, 0.2) is 233 Å². The molecule has 2 heterocycles. The van der Waals surface area contributed by atoms with E-state index in [-0.39, 0.29) is 0 Å². The van der Waals surface area contributed by atoms with Crippen molar-refractivity contribution in [3.8, 4) is 22.3 Å². The molecule has 0 aliphatic heterocycles. The Bertz CT molecular complexity index is 3590. The fourth-order valence-electron chi connectivity index (χ4n) is 10.4. The summed E-state index contributed by atoms with van der Waals surface area (Å²) in [5.41, 5.74) is 15.9. The molecule has 0 amide bonds. The molecule has 1 aliphatic carbocycles. The Labute approximate surface area is 358 Å². The first-order chi connectivity index (χ1) is 30.7. The lowest BCUT2D eigenvalue weighted by atomic mass is 9.59. The average Bonchev–Trinajstić information content (AvgIpc) is 3.90. The highest BCUT2D eigenvalue weighted by Crippen LogP contribution is 2.55. The molecule has 0 saturated carbocycles. The van der Waals surface area contributed by atoms with E-state index in [0.29, 0.717) is 0 Å². The molecule has 62 heavy (non-hydrogen) atoms. The van der Waals surface area contributed by atoms with Gasteiger partial charge in [-0.05, 0) is 110 Å². The minimum Gasteiger partial charge on any atom is -0.456 e. The molecule has 0 saturated heterocycles. The molecule has 1 atom stereocenters. The number of hydrogen-bond acceptors (Lipinski definition) is 3. The Balaban J connectivity index is 0.968. The summed E-state index contributed by atoms with van der Waals surface area (Å²) in [6, 6.07) is 81.2. The van der Waals surface area contributed by atoms with Gasteiger partial charge in [-0.1, -0.05) is 158 Å². The molecule has 3 nitrogen and oxygen atoms in total. The SMILES string of the molecule is c1ccc(C2(c3cccc(-c4ccc(N(c5ccc6c(c5)oc5ccccc56)c5ccc6c(c5)oc5ccccc56)cc4)c3)c3ccccc3-c3cccc4cccc2c34)cc1. The summed E-state index contributed by atoms with van der Waals surface area (Å²) < 4.78 is 12.8. The Morgan fingerprint density at radius 3 is 1.56 bits per heavy atom. The maximum Gasteiger partial charge on any atom is 0.137 e. The van der Waals surface area contributed by atoms with Crippen LogP contribution in [0.5, 0.6) is 0 Å². The normalized spacial score (nSPS) is 14.5. The van der Waals surface area contributed by atoms with E-state index in [1.54, 1.807) is 0 Å². The van der Waals surface area contributed by atoms with Crippen LogP contribution in [-0.4, -0.2) is 0 Å². The summed E-state index contributed by atoms with van der Waals surface area (Å²) in [5, 5.41) is 6.99. The van der Waals surface area contributed by atoms with Gasteiger partial charge < -0.3 is 13.7 Å². The molecule has 0 fully saturated rings. The molecule has 2 aromatic heterocycles. The number of rotatable bonds is 6. The highest BCUT2D eigenvalue weighted by Gasteiger charge is 2.44. The predicted molar refractivity (Wildman–Crippen MR) is 256 cm³/mol. The summed E-state index contributed by atoms with van der Waals surface area (Å²) in [6.45, 7) is 0. The molecule has 290 valence electrons. The van der Waals surface area contributed by atoms with Crippen molar-refractivity contribution in [2.45, 2.75) is 5.41 Å². The van der Waals surface area contributed by atoms with Gasteiger partial charge in [-0.3, -0.25) is 0 Å². The number of furan rings is 2. The minimum atomic E-state index is -0.539. The minimum absolute atomic E-state index is 0.539. The van der Waals surface area contributed by atoms with E-state index >= 15 is 0 Å². The number of fused-ring (bicyclic) bond motifs is 8. The van der Waals surface area contributed by atoms with Crippen LogP contribution in [0.2, 0.25) is 0 Å². The second-order valence-electron chi connectivity index (χ2n) is 16.4. The van der Waals surface area contributed by atoms with Gasteiger partial charge in [0.1, 0.15) is 22.3 Å². The van der Waals surface area contributed by atoms with Gasteiger partial charge in [0.25, 0.3) is 0 Å². The number of nitrogens with zero attached hydrogens (tertiary/aromatic N) is 1. The van der Waals surface area contributed by atoms with E-state index in [1.165, 1.54) is 44.2 Å². The smallest absolute Gasteiger partial charge is 0.137 e.